The van der Waals surface area contributed by atoms with Gasteiger partial charge in [0.05, 0.1) is 24.3 Å². The van der Waals surface area contributed by atoms with E-state index < -0.39 is 0 Å². The van der Waals surface area contributed by atoms with Crippen LogP contribution in [0.3, 0.4) is 0 Å². The molecule has 0 amide bonds. The maximum absolute atomic E-state index is 13.0. The third-order valence-corrected chi connectivity index (χ3v) is 4.87. The molecule has 0 aliphatic rings. The van der Waals surface area contributed by atoms with Gasteiger partial charge in [-0.05, 0) is 17.7 Å². The number of pyridine rings is 1. The van der Waals surface area contributed by atoms with Gasteiger partial charge in [-0.3, -0.25) is 4.79 Å². The quantitative estimate of drug-likeness (QED) is 0.527. The highest BCUT2D eigenvalue weighted by Crippen LogP contribution is 2.41. The normalized spacial score (nSPS) is 10.3. The summed E-state index contributed by atoms with van der Waals surface area (Å²) in [6, 6.07) is 26.8. The third-order valence-electron chi connectivity index (χ3n) is 4.87. The van der Waals surface area contributed by atoms with Gasteiger partial charge in [-0.25, -0.2) is 0 Å². The second kappa shape index (κ2) is 7.87. The van der Waals surface area contributed by atoms with Crippen LogP contribution < -0.4 is 10.3 Å². The summed E-state index contributed by atoms with van der Waals surface area (Å²) < 4.78 is 5.57. The Bertz CT molecular complexity index is 1270. The summed E-state index contributed by atoms with van der Waals surface area (Å²) in [4.78, 5) is 15.9. The summed E-state index contributed by atoms with van der Waals surface area (Å²) in [6.07, 6.45) is 1.71. The van der Waals surface area contributed by atoms with E-state index in [1.807, 2.05) is 66.7 Å². The summed E-state index contributed by atoms with van der Waals surface area (Å²) >= 11 is 0. The maximum Gasteiger partial charge on any atom is 0.256 e. The number of aromatic nitrogens is 1. The smallest absolute Gasteiger partial charge is 0.256 e. The number of nitriles is 1. The lowest BCUT2D eigenvalue weighted by atomic mass is 9.88. The van der Waals surface area contributed by atoms with Crippen LogP contribution in [0.2, 0.25) is 0 Å². The van der Waals surface area contributed by atoms with Crippen molar-refractivity contribution in [1.29, 1.82) is 5.26 Å². The Hall–Kier alpha value is -4.10. The Labute approximate surface area is 168 Å². The fourth-order valence-corrected chi connectivity index (χ4v) is 3.57. The van der Waals surface area contributed by atoms with Crippen LogP contribution in [0, 0.1) is 11.3 Å². The first kappa shape index (κ1) is 18.3. The lowest BCUT2D eigenvalue weighted by Gasteiger charge is -2.17. The predicted octanol–water partition coefficient (Wildman–Crippen LogP) is 5.26. The summed E-state index contributed by atoms with van der Waals surface area (Å²) in [5, 5.41) is 9.62. The van der Waals surface area contributed by atoms with Crippen LogP contribution in [0.1, 0.15) is 5.56 Å². The van der Waals surface area contributed by atoms with Crippen molar-refractivity contribution in [1.82, 2.24) is 4.98 Å². The molecule has 0 bridgehead atoms. The topological polar surface area (TPSA) is 65.9 Å². The second-order valence-corrected chi connectivity index (χ2v) is 6.51. The molecule has 0 radical (unpaired) electrons. The number of H-pyrrole nitrogens is 1. The molecule has 3 aromatic carbocycles. The Morgan fingerprint density at radius 2 is 1.45 bits per heavy atom. The van der Waals surface area contributed by atoms with Crippen molar-refractivity contribution in [2.45, 2.75) is 0 Å². The molecule has 0 atom stereocenters. The number of nitrogens with zero attached hydrogens (tertiary/aromatic N) is 1. The molecule has 140 valence electrons. The SMILES string of the molecule is COc1ccccc1-c1c[nH]c(=O)c(-c2ccccc2C#N)c1-c1ccccc1. The monoisotopic (exact) mass is 378 g/mol. The average molecular weight is 378 g/mol. The molecular weight excluding hydrogens is 360 g/mol. The average Bonchev–Trinajstić information content (AvgIpc) is 2.79. The largest absolute Gasteiger partial charge is 0.496 e. The first-order valence-corrected chi connectivity index (χ1v) is 9.18. The van der Waals surface area contributed by atoms with Gasteiger partial charge in [0.1, 0.15) is 5.75 Å². The number of nitrogens with one attached hydrogen (secondary N) is 1. The summed E-state index contributed by atoms with van der Waals surface area (Å²) in [6.45, 7) is 0. The van der Waals surface area contributed by atoms with Crippen LogP contribution in [0.25, 0.3) is 33.4 Å². The number of para-hydroxylation sites is 1. The van der Waals surface area contributed by atoms with E-state index in [1.54, 1.807) is 25.4 Å². The van der Waals surface area contributed by atoms with Crippen LogP contribution in [-0.4, -0.2) is 12.1 Å². The third kappa shape index (κ3) is 3.30. The number of hydrogen-bond acceptors (Lipinski definition) is 3. The van der Waals surface area contributed by atoms with Gasteiger partial charge in [0.25, 0.3) is 5.56 Å². The van der Waals surface area contributed by atoms with Crippen molar-refractivity contribution in [2.75, 3.05) is 7.11 Å². The zero-order valence-corrected chi connectivity index (χ0v) is 15.8. The number of ether oxygens (including phenoxy) is 1. The molecular formula is C25H18N2O2. The number of methoxy groups -OCH3 is 1. The number of rotatable bonds is 4. The van der Waals surface area contributed by atoms with Gasteiger partial charge in [-0.15, -0.1) is 0 Å². The minimum absolute atomic E-state index is 0.245. The first-order chi connectivity index (χ1) is 14.2. The van der Waals surface area contributed by atoms with Gasteiger partial charge in [0.2, 0.25) is 0 Å². The van der Waals surface area contributed by atoms with Crippen molar-refractivity contribution in [3.05, 3.63) is 101 Å². The molecule has 1 aromatic heterocycles. The first-order valence-electron chi connectivity index (χ1n) is 9.18. The zero-order valence-electron chi connectivity index (χ0n) is 15.8. The van der Waals surface area contributed by atoms with E-state index in [-0.39, 0.29) is 5.56 Å². The number of aromatic amines is 1. The van der Waals surface area contributed by atoms with Gasteiger partial charge in [-0.2, -0.15) is 5.26 Å². The molecule has 0 aliphatic carbocycles. The zero-order chi connectivity index (χ0) is 20.2. The molecule has 4 rings (SSSR count). The van der Waals surface area contributed by atoms with E-state index in [1.165, 1.54) is 0 Å². The molecule has 0 spiro atoms. The molecule has 0 saturated carbocycles. The summed E-state index contributed by atoms with van der Waals surface area (Å²) in [7, 11) is 1.62. The van der Waals surface area contributed by atoms with Crippen molar-refractivity contribution >= 4 is 0 Å². The van der Waals surface area contributed by atoms with E-state index in [2.05, 4.69) is 11.1 Å². The highest BCUT2D eigenvalue weighted by molar-refractivity contribution is 5.95. The Morgan fingerprint density at radius 1 is 0.793 bits per heavy atom. The number of benzene rings is 3. The van der Waals surface area contributed by atoms with Gasteiger partial charge in [0.15, 0.2) is 0 Å². The van der Waals surface area contributed by atoms with E-state index in [0.717, 1.165) is 22.3 Å². The Morgan fingerprint density at radius 3 is 2.17 bits per heavy atom. The van der Waals surface area contributed by atoms with Crippen molar-refractivity contribution < 1.29 is 4.74 Å². The standard InChI is InChI=1S/C25H18N2O2/c1-29-22-14-8-7-13-20(22)21-16-27-25(28)24(19-12-6-5-11-18(19)15-26)23(21)17-9-3-2-4-10-17/h2-14,16H,1H3,(H,27,28). The van der Waals surface area contributed by atoms with Crippen LogP contribution >= 0.6 is 0 Å². The van der Waals surface area contributed by atoms with Crippen molar-refractivity contribution in [2.24, 2.45) is 0 Å². The Kier molecular flexibility index (Phi) is 4.96. The molecule has 1 N–H and O–H groups in total. The van der Waals surface area contributed by atoms with E-state index in [4.69, 9.17) is 4.74 Å². The molecule has 4 heteroatoms. The molecule has 1 heterocycles. The minimum atomic E-state index is -0.245. The summed E-state index contributed by atoms with van der Waals surface area (Å²) in [5.41, 5.74) is 4.63. The van der Waals surface area contributed by atoms with Crippen molar-refractivity contribution in [3.63, 3.8) is 0 Å². The maximum atomic E-state index is 13.0. The molecule has 0 fully saturated rings. The predicted molar refractivity (Wildman–Crippen MR) is 115 cm³/mol. The van der Waals surface area contributed by atoms with Crippen LogP contribution in [0.4, 0.5) is 0 Å². The highest BCUT2D eigenvalue weighted by atomic mass is 16.5. The fraction of sp³-hybridized carbons (Fsp3) is 0.0400. The van der Waals surface area contributed by atoms with E-state index in [9.17, 15) is 10.1 Å². The van der Waals surface area contributed by atoms with Crippen LogP contribution in [-0.2, 0) is 0 Å². The second-order valence-electron chi connectivity index (χ2n) is 6.51. The van der Waals surface area contributed by atoms with Crippen LogP contribution in [0.5, 0.6) is 5.75 Å². The molecule has 29 heavy (non-hydrogen) atoms. The highest BCUT2D eigenvalue weighted by Gasteiger charge is 2.21. The summed E-state index contributed by atoms with van der Waals surface area (Å²) in [5.74, 6) is 0.705. The lowest BCUT2D eigenvalue weighted by molar-refractivity contribution is 0.416. The van der Waals surface area contributed by atoms with Gasteiger partial charge in [0, 0.05) is 28.5 Å². The van der Waals surface area contributed by atoms with Crippen LogP contribution in [0.15, 0.2) is 89.9 Å². The van der Waals surface area contributed by atoms with Gasteiger partial charge >= 0.3 is 0 Å². The molecule has 0 unspecified atom stereocenters. The molecule has 4 aromatic rings. The van der Waals surface area contributed by atoms with Crippen molar-refractivity contribution in [3.8, 4) is 45.2 Å². The fourth-order valence-electron chi connectivity index (χ4n) is 3.57. The number of hydrogen-bond donors (Lipinski definition) is 1. The Balaban J connectivity index is 2.15. The van der Waals surface area contributed by atoms with Gasteiger partial charge < -0.3 is 9.72 Å². The molecule has 0 saturated heterocycles. The minimum Gasteiger partial charge on any atom is -0.496 e. The molecule has 4 nitrogen and oxygen atoms in total. The van der Waals surface area contributed by atoms with Gasteiger partial charge in [-0.1, -0.05) is 66.7 Å². The van der Waals surface area contributed by atoms with E-state index >= 15 is 0 Å². The van der Waals surface area contributed by atoms with E-state index in [0.29, 0.717) is 22.4 Å². The molecule has 0 aliphatic heterocycles. The lowest BCUT2D eigenvalue weighted by Crippen LogP contribution is -2.12.